The second kappa shape index (κ2) is 6.02. The highest BCUT2D eigenvalue weighted by Gasteiger charge is 2.34. The molecule has 2 heterocycles. The molecule has 0 spiro atoms. The van der Waals surface area contributed by atoms with Gasteiger partial charge in [-0.2, -0.15) is 0 Å². The third kappa shape index (κ3) is 2.63. The van der Waals surface area contributed by atoms with Crippen LogP contribution in [0.25, 0.3) is 0 Å². The largest absolute Gasteiger partial charge is 0.497 e. The summed E-state index contributed by atoms with van der Waals surface area (Å²) in [6.45, 7) is 4.47. The molecule has 1 N–H and O–H groups in total. The molecule has 1 aromatic carbocycles. The Hall–Kier alpha value is -1.26. The Balaban J connectivity index is 1.76. The van der Waals surface area contributed by atoms with Crippen LogP contribution in [0.15, 0.2) is 18.2 Å². The number of nitrogens with one attached hydrogen (secondary N) is 1. The van der Waals surface area contributed by atoms with Crippen LogP contribution < -0.4 is 14.8 Å². The maximum atomic E-state index is 5.52. The first-order chi connectivity index (χ1) is 9.81. The van der Waals surface area contributed by atoms with Crippen molar-refractivity contribution in [3.8, 4) is 11.5 Å². The van der Waals surface area contributed by atoms with Gasteiger partial charge in [-0.25, -0.2) is 0 Å². The summed E-state index contributed by atoms with van der Waals surface area (Å²) in [4.78, 5) is 2.61. The fraction of sp³-hybridized carbons (Fsp3) is 0.625. The van der Waals surface area contributed by atoms with Crippen molar-refractivity contribution in [2.75, 3.05) is 33.9 Å². The highest BCUT2D eigenvalue weighted by molar-refractivity contribution is 5.40. The van der Waals surface area contributed by atoms with E-state index in [0.717, 1.165) is 30.5 Å². The van der Waals surface area contributed by atoms with Gasteiger partial charge >= 0.3 is 0 Å². The lowest BCUT2D eigenvalue weighted by atomic mass is 9.91. The second-order valence-corrected chi connectivity index (χ2v) is 5.78. The molecule has 2 saturated heterocycles. The van der Waals surface area contributed by atoms with Gasteiger partial charge in [0, 0.05) is 30.8 Å². The minimum Gasteiger partial charge on any atom is -0.497 e. The van der Waals surface area contributed by atoms with Crippen molar-refractivity contribution >= 4 is 0 Å². The molecular weight excluding hydrogens is 252 g/mol. The van der Waals surface area contributed by atoms with Crippen LogP contribution in [-0.4, -0.2) is 44.8 Å². The Morgan fingerprint density at radius 3 is 2.95 bits per heavy atom. The van der Waals surface area contributed by atoms with E-state index in [-0.39, 0.29) is 0 Å². The lowest BCUT2D eigenvalue weighted by Crippen LogP contribution is -2.44. The lowest BCUT2D eigenvalue weighted by Gasteiger charge is -2.37. The molecule has 20 heavy (non-hydrogen) atoms. The zero-order valence-electron chi connectivity index (χ0n) is 12.4. The third-order valence-electron chi connectivity index (χ3n) is 4.66. The van der Waals surface area contributed by atoms with E-state index in [4.69, 9.17) is 9.47 Å². The zero-order valence-corrected chi connectivity index (χ0v) is 12.4. The number of likely N-dealkylation sites (tertiary alicyclic amines) is 1. The quantitative estimate of drug-likeness (QED) is 0.910. The molecule has 2 atom stereocenters. The zero-order chi connectivity index (χ0) is 13.9. The Morgan fingerprint density at radius 1 is 1.25 bits per heavy atom. The molecule has 0 aliphatic carbocycles. The average Bonchev–Trinajstić information content (AvgIpc) is 2.97. The van der Waals surface area contributed by atoms with Crippen molar-refractivity contribution in [1.82, 2.24) is 10.2 Å². The van der Waals surface area contributed by atoms with Crippen molar-refractivity contribution in [3.63, 3.8) is 0 Å². The topological polar surface area (TPSA) is 33.7 Å². The average molecular weight is 276 g/mol. The number of nitrogens with zero attached hydrogens (tertiary/aromatic N) is 1. The predicted octanol–water partition coefficient (Wildman–Crippen LogP) is 1.89. The van der Waals surface area contributed by atoms with Crippen molar-refractivity contribution in [2.24, 2.45) is 5.92 Å². The molecule has 4 heteroatoms. The van der Waals surface area contributed by atoms with E-state index in [1.807, 2.05) is 12.1 Å². The maximum absolute atomic E-state index is 5.52. The fourth-order valence-electron chi connectivity index (χ4n) is 3.56. The molecule has 0 radical (unpaired) electrons. The molecule has 0 aromatic heterocycles. The first-order valence-corrected chi connectivity index (χ1v) is 7.47. The van der Waals surface area contributed by atoms with Gasteiger partial charge in [-0.15, -0.1) is 0 Å². The van der Waals surface area contributed by atoms with Crippen LogP contribution >= 0.6 is 0 Å². The normalized spacial score (nSPS) is 26.3. The summed E-state index contributed by atoms with van der Waals surface area (Å²) in [5.41, 5.74) is 1.25. The molecule has 2 unspecified atom stereocenters. The molecule has 110 valence electrons. The first kappa shape index (κ1) is 13.7. The summed E-state index contributed by atoms with van der Waals surface area (Å²) in [6.07, 6.45) is 2.68. The van der Waals surface area contributed by atoms with E-state index in [0.29, 0.717) is 6.04 Å². The van der Waals surface area contributed by atoms with Crippen molar-refractivity contribution in [2.45, 2.75) is 25.4 Å². The molecular formula is C16H24N2O2. The summed E-state index contributed by atoms with van der Waals surface area (Å²) in [7, 11) is 3.42. The highest BCUT2D eigenvalue weighted by atomic mass is 16.5. The number of piperidine rings is 1. The number of rotatable bonds is 4. The molecule has 1 aromatic rings. The molecule has 0 amide bonds. The van der Waals surface area contributed by atoms with Crippen LogP contribution in [0.3, 0.4) is 0 Å². The predicted molar refractivity (Wildman–Crippen MR) is 79.3 cm³/mol. The molecule has 3 rings (SSSR count). The van der Waals surface area contributed by atoms with Crippen LogP contribution in [0.2, 0.25) is 0 Å². The Kier molecular flexibility index (Phi) is 4.13. The smallest absolute Gasteiger partial charge is 0.127 e. The summed E-state index contributed by atoms with van der Waals surface area (Å²) in [5.74, 6) is 2.61. The van der Waals surface area contributed by atoms with E-state index in [1.54, 1.807) is 14.2 Å². The molecule has 4 nitrogen and oxygen atoms in total. The monoisotopic (exact) mass is 276 g/mol. The Morgan fingerprint density at radius 2 is 2.15 bits per heavy atom. The van der Waals surface area contributed by atoms with Gasteiger partial charge in [0.05, 0.1) is 14.2 Å². The maximum Gasteiger partial charge on any atom is 0.127 e. The lowest BCUT2D eigenvalue weighted by molar-refractivity contribution is 0.116. The van der Waals surface area contributed by atoms with E-state index < -0.39 is 0 Å². The van der Waals surface area contributed by atoms with Crippen molar-refractivity contribution in [3.05, 3.63) is 23.8 Å². The summed E-state index contributed by atoms with van der Waals surface area (Å²) in [6, 6.07) is 6.81. The van der Waals surface area contributed by atoms with Gasteiger partial charge in [-0.1, -0.05) is 6.07 Å². The summed E-state index contributed by atoms with van der Waals surface area (Å²) >= 11 is 0. The third-order valence-corrected chi connectivity index (χ3v) is 4.66. The standard InChI is InChI=1S/C16H24N2O2/c1-19-14-6-5-13(16(8-14)20-2)11-18-7-3-4-12-9-17-10-15(12)18/h5-6,8,12,15,17H,3-4,7,9-11H2,1-2H3. The van der Waals surface area contributed by atoms with Crippen molar-refractivity contribution < 1.29 is 9.47 Å². The van der Waals surface area contributed by atoms with Gasteiger partial charge < -0.3 is 14.8 Å². The van der Waals surface area contributed by atoms with Crippen LogP contribution in [0, 0.1) is 5.92 Å². The van der Waals surface area contributed by atoms with Gasteiger partial charge in [0.2, 0.25) is 0 Å². The number of fused-ring (bicyclic) bond motifs is 1. The number of benzene rings is 1. The summed E-state index contributed by atoms with van der Waals surface area (Å²) < 4.78 is 10.8. The van der Waals surface area contributed by atoms with E-state index >= 15 is 0 Å². The molecule has 2 aliphatic heterocycles. The van der Waals surface area contributed by atoms with Crippen LogP contribution in [0.1, 0.15) is 18.4 Å². The highest BCUT2D eigenvalue weighted by Crippen LogP contribution is 2.31. The minimum absolute atomic E-state index is 0.690. The molecule has 0 saturated carbocycles. The molecule has 2 fully saturated rings. The second-order valence-electron chi connectivity index (χ2n) is 5.78. The number of hydrogen-bond donors (Lipinski definition) is 1. The van der Waals surface area contributed by atoms with Gasteiger partial charge in [0.25, 0.3) is 0 Å². The fourth-order valence-corrected chi connectivity index (χ4v) is 3.56. The van der Waals surface area contributed by atoms with E-state index in [1.165, 1.54) is 31.5 Å². The molecule has 2 aliphatic rings. The first-order valence-electron chi connectivity index (χ1n) is 7.47. The summed E-state index contributed by atoms with van der Waals surface area (Å²) in [5, 5.41) is 3.53. The number of ether oxygens (including phenoxy) is 2. The molecule has 0 bridgehead atoms. The van der Waals surface area contributed by atoms with Crippen LogP contribution in [0.4, 0.5) is 0 Å². The number of methoxy groups -OCH3 is 2. The van der Waals surface area contributed by atoms with Gasteiger partial charge in [-0.05, 0) is 37.9 Å². The van der Waals surface area contributed by atoms with Gasteiger partial charge in [0.15, 0.2) is 0 Å². The van der Waals surface area contributed by atoms with Crippen LogP contribution in [0.5, 0.6) is 11.5 Å². The van der Waals surface area contributed by atoms with E-state index in [2.05, 4.69) is 16.3 Å². The van der Waals surface area contributed by atoms with Gasteiger partial charge in [0.1, 0.15) is 11.5 Å². The number of hydrogen-bond acceptors (Lipinski definition) is 4. The Bertz CT molecular complexity index is 464. The SMILES string of the molecule is COc1ccc(CN2CCCC3CNCC32)c(OC)c1. The van der Waals surface area contributed by atoms with Crippen LogP contribution in [-0.2, 0) is 6.54 Å². The van der Waals surface area contributed by atoms with Crippen molar-refractivity contribution in [1.29, 1.82) is 0 Å². The Labute approximate surface area is 121 Å². The van der Waals surface area contributed by atoms with E-state index in [9.17, 15) is 0 Å². The van der Waals surface area contributed by atoms with Gasteiger partial charge in [-0.3, -0.25) is 4.90 Å². The minimum atomic E-state index is 0.690.